The number of epoxide rings is 1. The van der Waals surface area contributed by atoms with Crippen LogP contribution in [0.15, 0.2) is 23.8 Å². The number of allylic oxidation sites excluding steroid dienone is 1. The molecule has 5 nitrogen and oxygen atoms in total. The van der Waals surface area contributed by atoms with Gasteiger partial charge in [0.15, 0.2) is 17.5 Å². The van der Waals surface area contributed by atoms with Crippen LogP contribution >= 0.6 is 0 Å². The van der Waals surface area contributed by atoms with Crippen LogP contribution in [0.3, 0.4) is 0 Å². The van der Waals surface area contributed by atoms with Crippen LogP contribution in [-0.4, -0.2) is 33.5 Å². The van der Waals surface area contributed by atoms with E-state index in [1.165, 1.54) is 12.1 Å². The topological polar surface area (TPSA) is 87.1 Å². The summed E-state index contributed by atoms with van der Waals surface area (Å²) in [6, 6.07) is 2.40. The number of hydrogen-bond donors (Lipinski definition) is 2. The first-order valence-electron chi connectivity index (χ1n) is 6.33. The average molecular weight is 274 g/mol. The molecule has 0 amide bonds. The summed E-state index contributed by atoms with van der Waals surface area (Å²) in [6.07, 6.45) is 1.26. The zero-order chi connectivity index (χ0) is 14.7. The molecular weight excluding hydrogens is 260 g/mol. The molecule has 0 radical (unpaired) electrons. The van der Waals surface area contributed by atoms with E-state index < -0.39 is 23.3 Å². The second-order valence-electron chi connectivity index (χ2n) is 5.42. The number of ether oxygens (including phenoxy) is 1. The second kappa shape index (κ2) is 3.93. The van der Waals surface area contributed by atoms with Gasteiger partial charge in [0.05, 0.1) is 11.1 Å². The van der Waals surface area contributed by atoms with E-state index in [4.69, 9.17) is 4.74 Å². The van der Waals surface area contributed by atoms with Crippen LogP contribution in [0.25, 0.3) is 0 Å². The van der Waals surface area contributed by atoms with Crippen molar-refractivity contribution in [2.75, 3.05) is 0 Å². The highest BCUT2D eigenvalue weighted by Gasteiger charge is 2.69. The van der Waals surface area contributed by atoms with Crippen LogP contribution in [0.4, 0.5) is 0 Å². The lowest BCUT2D eigenvalue weighted by Crippen LogP contribution is -2.36. The van der Waals surface area contributed by atoms with Gasteiger partial charge in [-0.2, -0.15) is 0 Å². The maximum atomic E-state index is 12.5. The third-order valence-corrected chi connectivity index (χ3v) is 3.77. The van der Waals surface area contributed by atoms with Gasteiger partial charge in [0, 0.05) is 6.42 Å². The standard InChI is InChI=1S/C15H14O5/c1-7(2)5-6-15-13(19)11-9(17)4-3-8(16)10(11)12(18)14(15)20-15/h3-5,14,16-17H,6H2,1-2H3/t14-,15+/m0/s1. The maximum absolute atomic E-state index is 12.5. The van der Waals surface area contributed by atoms with Gasteiger partial charge < -0.3 is 14.9 Å². The lowest BCUT2D eigenvalue weighted by atomic mass is 9.79. The minimum Gasteiger partial charge on any atom is -0.507 e. The Labute approximate surface area is 115 Å². The Bertz CT molecular complexity index is 669. The van der Waals surface area contributed by atoms with Crippen LogP contribution in [0.5, 0.6) is 11.5 Å². The summed E-state index contributed by atoms with van der Waals surface area (Å²) in [5.74, 6) is -1.50. The van der Waals surface area contributed by atoms with Gasteiger partial charge in [0.2, 0.25) is 5.78 Å². The van der Waals surface area contributed by atoms with Crippen LogP contribution in [0.2, 0.25) is 0 Å². The van der Waals surface area contributed by atoms with Gasteiger partial charge in [-0.3, -0.25) is 9.59 Å². The van der Waals surface area contributed by atoms with Crippen LogP contribution in [0, 0.1) is 0 Å². The maximum Gasteiger partial charge on any atom is 0.202 e. The first-order valence-corrected chi connectivity index (χ1v) is 6.33. The molecule has 1 heterocycles. The molecule has 0 bridgehead atoms. The quantitative estimate of drug-likeness (QED) is 0.489. The molecule has 0 spiro atoms. The van der Waals surface area contributed by atoms with Gasteiger partial charge >= 0.3 is 0 Å². The molecule has 3 rings (SSSR count). The van der Waals surface area contributed by atoms with E-state index in [-0.39, 0.29) is 22.6 Å². The molecular formula is C15H14O5. The van der Waals surface area contributed by atoms with Gasteiger partial charge in [0.1, 0.15) is 11.5 Å². The number of phenolic OH excluding ortho intramolecular Hbond substituents is 2. The normalized spacial score (nSPS) is 26.8. The highest BCUT2D eigenvalue weighted by molar-refractivity contribution is 6.25. The molecule has 2 aliphatic rings. The van der Waals surface area contributed by atoms with Crippen molar-refractivity contribution in [2.45, 2.75) is 32.0 Å². The molecule has 2 atom stereocenters. The van der Waals surface area contributed by atoms with Gasteiger partial charge in [-0.1, -0.05) is 11.6 Å². The predicted molar refractivity (Wildman–Crippen MR) is 70.1 cm³/mol. The van der Waals surface area contributed by atoms with Crippen molar-refractivity contribution in [3.8, 4) is 11.5 Å². The van der Waals surface area contributed by atoms with Crippen LogP contribution < -0.4 is 0 Å². The summed E-state index contributed by atoms with van der Waals surface area (Å²) in [4.78, 5) is 24.8. The minimum atomic E-state index is -1.20. The summed E-state index contributed by atoms with van der Waals surface area (Å²) < 4.78 is 5.37. The summed E-state index contributed by atoms with van der Waals surface area (Å²) >= 11 is 0. The van der Waals surface area contributed by atoms with Crippen molar-refractivity contribution in [3.63, 3.8) is 0 Å². The molecule has 1 aliphatic heterocycles. The molecule has 0 aromatic heterocycles. The highest BCUT2D eigenvalue weighted by atomic mass is 16.6. The molecule has 1 saturated heterocycles. The second-order valence-corrected chi connectivity index (χ2v) is 5.42. The van der Waals surface area contributed by atoms with Crippen LogP contribution in [0.1, 0.15) is 41.0 Å². The highest BCUT2D eigenvalue weighted by Crippen LogP contribution is 2.52. The largest absolute Gasteiger partial charge is 0.507 e. The Morgan fingerprint density at radius 2 is 1.85 bits per heavy atom. The fourth-order valence-electron chi connectivity index (χ4n) is 2.62. The average Bonchev–Trinajstić information content (AvgIpc) is 3.13. The Balaban J connectivity index is 2.13. The third kappa shape index (κ3) is 1.53. The Hall–Kier alpha value is -2.14. The van der Waals surface area contributed by atoms with Crippen molar-refractivity contribution in [3.05, 3.63) is 34.9 Å². The van der Waals surface area contributed by atoms with Gasteiger partial charge in [-0.15, -0.1) is 0 Å². The summed E-state index contributed by atoms with van der Waals surface area (Å²) in [5.41, 5.74) is -0.455. The van der Waals surface area contributed by atoms with Gasteiger partial charge in [-0.25, -0.2) is 0 Å². The fourth-order valence-corrected chi connectivity index (χ4v) is 2.62. The molecule has 1 aliphatic carbocycles. The number of benzene rings is 1. The first-order chi connectivity index (χ1) is 9.38. The lowest BCUT2D eigenvalue weighted by molar-refractivity contribution is 0.0858. The van der Waals surface area contributed by atoms with Gasteiger partial charge in [0.25, 0.3) is 0 Å². The molecule has 5 heteroatoms. The van der Waals surface area contributed by atoms with Crippen molar-refractivity contribution in [1.29, 1.82) is 0 Å². The Morgan fingerprint density at radius 3 is 2.45 bits per heavy atom. The third-order valence-electron chi connectivity index (χ3n) is 3.77. The monoisotopic (exact) mass is 274 g/mol. The molecule has 2 N–H and O–H groups in total. The number of Topliss-reactive ketones (excluding diaryl/α,β-unsaturated/α-hetero) is 2. The lowest BCUT2D eigenvalue weighted by Gasteiger charge is -2.19. The van der Waals surface area contributed by atoms with Crippen molar-refractivity contribution in [1.82, 2.24) is 0 Å². The van der Waals surface area contributed by atoms with E-state index in [1.807, 2.05) is 19.9 Å². The van der Waals surface area contributed by atoms with Crippen LogP contribution in [-0.2, 0) is 4.74 Å². The Morgan fingerprint density at radius 1 is 1.25 bits per heavy atom. The van der Waals surface area contributed by atoms with Gasteiger partial charge in [-0.05, 0) is 26.0 Å². The fraction of sp³-hybridized carbons (Fsp3) is 0.333. The SMILES string of the molecule is CC(C)=CC[C@]12O[C@H]1C(=O)c1c(O)ccc(O)c1C2=O. The predicted octanol–water partition coefficient (Wildman–Crippen LogP) is 1.97. The van der Waals surface area contributed by atoms with Crippen molar-refractivity contribution >= 4 is 11.6 Å². The number of carbonyl (C=O) groups excluding carboxylic acids is 2. The van der Waals surface area contributed by atoms with E-state index in [0.717, 1.165) is 5.57 Å². The number of phenols is 2. The molecule has 1 fully saturated rings. The molecule has 0 saturated carbocycles. The summed E-state index contributed by atoms with van der Waals surface area (Å²) in [7, 11) is 0. The zero-order valence-corrected chi connectivity index (χ0v) is 11.1. The van der Waals surface area contributed by atoms with E-state index in [1.54, 1.807) is 0 Å². The van der Waals surface area contributed by atoms with E-state index in [0.29, 0.717) is 6.42 Å². The number of fused-ring (bicyclic) bond motifs is 2. The number of aromatic hydroxyl groups is 2. The molecule has 20 heavy (non-hydrogen) atoms. The van der Waals surface area contributed by atoms with E-state index in [2.05, 4.69) is 0 Å². The van der Waals surface area contributed by atoms with E-state index in [9.17, 15) is 19.8 Å². The molecule has 0 unspecified atom stereocenters. The Kier molecular flexibility index (Phi) is 2.53. The minimum absolute atomic E-state index is 0.133. The molecule has 1 aromatic carbocycles. The number of carbonyl (C=O) groups is 2. The van der Waals surface area contributed by atoms with Crippen molar-refractivity contribution in [2.24, 2.45) is 0 Å². The smallest absolute Gasteiger partial charge is 0.202 e. The number of hydrogen-bond acceptors (Lipinski definition) is 5. The summed E-state index contributed by atoms with van der Waals surface area (Å²) in [6.45, 7) is 3.78. The molecule has 104 valence electrons. The summed E-state index contributed by atoms with van der Waals surface area (Å²) in [5, 5.41) is 19.6. The number of rotatable bonds is 2. The molecule has 1 aromatic rings. The zero-order valence-electron chi connectivity index (χ0n) is 11.1. The number of ketones is 2. The first kappa shape index (κ1) is 12.9. The van der Waals surface area contributed by atoms with E-state index >= 15 is 0 Å². The van der Waals surface area contributed by atoms with Crippen molar-refractivity contribution < 1.29 is 24.5 Å².